The minimum absolute atomic E-state index is 0.156. The normalized spacial score (nSPS) is 28.0. The first kappa shape index (κ1) is 17.4. The van der Waals surface area contributed by atoms with E-state index >= 15 is 0 Å². The molecule has 0 radical (unpaired) electrons. The first-order valence-electron chi connectivity index (χ1n) is 8.42. The van der Waals surface area contributed by atoms with Gasteiger partial charge in [-0.2, -0.15) is 0 Å². The standard InChI is InChI=1S/C18H22N2O5/c1-10(15-14(11(2)21)16(22)19-15)17(23)20-13(9-25-18(20)24)8-12-6-4-3-5-7-12/h3-7,10-11,13-15,21H,8-9H2,1-2H3,(H,19,22)/t10-,11-,13+,14-,15-/m1/s1. The van der Waals surface area contributed by atoms with Gasteiger partial charge in [-0.15, -0.1) is 0 Å². The number of hydrogen-bond donors (Lipinski definition) is 2. The summed E-state index contributed by atoms with van der Waals surface area (Å²) < 4.78 is 5.08. The first-order chi connectivity index (χ1) is 11.9. The maximum absolute atomic E-state index is 12.9. The van der Waals surface area contributed by atoms with Crippen LogP contribution in [0.2, 0.25) is 0 Å². The van der Waals surface area contributed by atoms with Crippen LogP contribution in [0.4, 0.5) is 4.79 Å². The van der Waals surface area contributed by atoms with E-state index < -0.39 is 30.1 Å². The quantitative estimate of drug-likeness (QED) is 0.766. The number of benzene rings is 1. The molecule has 0 bridgehead atoms. The highest BCUT2D eigenvalue weighted by Crippen LogP contribution is 2.29. The number of aliphatic hydroxyl groups excluding tert-OH is 1. The molecule has 1 aromatic rings. The lowest BCUT2D eigenvalue weighted by atomic mass is 9.78. The average Bonchev–Trinajstić information content (AvgIpc) is 2.92. The zero-order valence-electron chi connectivity index (χ0n) is 14.2. The molecule has 2 aliphatic heterocycles. The molecule has 3 rings (SSSR count). The van der Waals surface area contributed by atoms with Gasteiger partial charge >= 0.3 is 6.09 Å². The number of ether oxygens (including phenoxy) is 1. The second-order valence-corrected chi connectivity index (χ2v) is 6.72. The number of nitrogens with zero attached hydrogens (tertiary/aromatic N) is 1. The van der Waals surface area contributed by atoms with Crippen LogP contribution < -0.4 is 5.32 Å². The van der Waals surface area contributed by atoms with Gasteiger partial charge in [-0.05, 0) is 18.9 Å². The Morgan fingerprint density at radius 3 is 2.60 bits per heavy atom. The molecular formula is C18H22N2O5. The minimum atomic E-state index is -0.848. The molecular weight excluding hydrogens is 324 g/mol. The van der Waals surface area contributed by atoms with E-state index in [0.717, 1.165) is 10.5 Å². The van der Waals surface area contributed by atoms with E-state index in [0.29, 0.717) is 6.42 Å². The van der Waals surface area contributed by atoms with Crippen LogP contribution in [-0.4, -0.2) is 52.7 Å². The van der Waals surface area contributed by atoms with Crippen molar-refractivity contribution in [2.45, 2.75) is 38.5 Å². The van der Waals surface area contributed by atoms with E-state index in [1.54, 1.807) is 6.92 Å². The number of aliphatic hydroxyl groups is 1. The summed E-state index contributed by atoms with van der Waals surface area (Å²) in [5.41, 5.74) is 1.01. The topological polar surface area (TPSA) is 95.9 Å². The van der Waals surface area contributed by atoms with Crippen LogP contribution in [0.5, 0.6) is 0 Å². The molecule has 134 valence electrons. The third kappa shape index (κ3) is 3.24. The Morgan fingerprint density at radius 2 is 2.00 bits per heavy atom. The van der Waals surface area contributed by atoms with Gasteiger partial charge < -0.3 is 15.2 Å². The predicted octanol–water partition coefficient (Wildman–Crippen LogP) is 0.708. The number of hydrogen-bond acceptors (Lipinski definition) is 5. The Bertz CT molecular complexity index is 675. The summed E-state index contributed by atoms with van der Waals surface area (Å²) >= 11 is 0. The summed E-state index contributed by atoms with van der Waals surface area (Å²) in [6.45, 7) is 3.34. The number of β-lactam (4-membered cyclic amide) rings is 1. The van der Waals surface area contributed by atoms with Crippen molar-refractivity contribution in [3.63, 3.8) is 0 Å². The lowest BCUT2D eigenvalue weighted by molar-refractivity contribution is -0.147. The van der Waals surface area contributed by atoms with E-state index in [-0.39, 0.29) is 24.5 Å². The maximum atomic E-state index is 12.9. The number of rotatable bonds is 5. The average molecular weight is 346 g/mol. The van der Waals surface area contributed by atoms with Crippen LogP contribution in [-0.2, 0) is 20.7 Å². The highest BCUT2D eigenvalue weighted by molar-refractivity contribution is 5.97. The van der Waals surface area contributed by atoms with Crippen LogP contribution in [0, 0.1) is 11.8 Å². The highest BCUT2D eigenvalue weighted by Gasteiger charge is 2.50. The summed E-state index contributed by atoms with van der Waals surface area (Å²) in [5, 5.41) is 12.4. The number of carbonyl (C=O) groups excluding carboxylic acids is 3. The predicted molar refractivity (Wildman–Crippen MR) is 88.4 cm³/mol. The molecule has 3 amide bonds. The fourth-order valence-corrected chi connectivity index (χ4v) is 3.51. The lowest BCUT2D eigenvalue weighted by Crippen LogP contribution is -2.66. The van der Waals surface area contributed by atoms with Gasteiger partial charge in [-0.3, -0.25) is 9.59 Å². The summed E-state index contributed by atoms with van der Waals surface area (Å²) in [6, 6.07) is 8.73. The zero-order chi connectivity index (χ0) is 18.1. The highest BCUT2D eigenvalue weighted by atomic mass is 16.6. The molecule has 1 aromatic carbocycles. The molecule has 2 saturated heterocycles. The molecule has 25 heavy (non-hydrogen) atoms. The van der Waals surface area contributed by atoms with Crippen molar-refractivity contribution >= 4 is 17.9 Å². The SMILES string of the molecule is C[C@@H](O)[C@H]1C(=O)N[C@@H]1[C@@H](C)C(=O)N1C(=O)OC[C@@H]1Cc1ccccc1. The molecule has 2 heterocycles. The smallest absolute Gasteiger partial charge is 0.416 e. The summed E-state index contributed by atoms with van der Waals surface area (Å²) in [4.78, 5) is 37.7. The van der Waals surface area contributed by atoms with Gasteiger partial charge in [0.05, 0.1) is 30.0 Å². The molecule has 0 aromatic heterocycles. The fourth-order valence-electron chi connectivity index (χ4n) is 3.51. The number of carbonyl (C=O) groups is 3. The number of cyclic esters (lactones) is 1. The number of imide groups is 1. The van der Waals surface area contributed by atoms with Crippen LogP contribution in [0.3, 0.4) is 0 Å². The van der Waals surface area contributed by atoms with E-state index in [9.17, 15) is 19.5 Å². The molecule has 5 atom stereocenters. The Kier molecular flexibility index (Phi) is 4.76. The Balaban J connectivity index is 1.72. The van der Waals surface area contributed by atoms with Gasteiger partial charge in [0.2, 0.25) is 11.8 Å². The summed E-state index contributed by atoms with van der Waals surface area (Å²) in [6.07, 6.45) is -0.987. The van der Waals surface area contributed by atoms with Gasteiger partial charge in [0.15, 0.2) is 0 Å². The summed E-state index contributed by atoms with van der Waals surface area (Å²) in [5.74, 6) is -1.92. The minimum Gasteiger partial charge on any atom is -0.447 e. The number of nitrogens with one attached hydrogen (secondary N) is 1. The molecule has 0 unspecified atom stereocenters. The molecule has 7 heteroatoms. The van der Waals surface area contributed by atoms with Crippen molar-refractivity contribution < 1.29 is 24.2 Å². The fraction of sp³-hybridized carbons (Fsp3) is 0.500. The third-order valence-electron chi connectivity index (χ3n) is 4.96. The van der Waals surface area contributed by atoms with Crippen LogP contribution in [0.15, 0.2) is 30.3 Å². The lowest BCUT2D eigenvalue weighted by Gasteiger charge is -2.42. The molecule has 0 aliphatic carbocycles. The second-order valence-electron chi connectivity index (χ2n) is 6.72. The number of amides is 3. The van der Waals surface area contributed by atoms with Gasteiger partial charge in [0.1, 0.15) is 6.61 Å². The van der Waals surface area contributed by atoms with Crippen molar-refractivity contribution in [3.8, 4) is 0 Å². The molecule has 2 fully saturated rings. The second kappa shape index (κ2) is 6.84. The molecule has 0 saturated carbocycles. The molecule has 0 spiro atoms. The Morgan fingerprint density at radius 1 is 1.32 bits per heavy atom. The largest absolute Gasteiger partial charge is 0.447 e. The van der Waals surface area contributed by atoms with E-state index in [2.05, 4.69) is 5.32 Å². The monoisotopic (exact) mass is 346 g/mol. The van der Waals surface area contributed by atoms with Crippen molar-refractivity contribution in [2.75, 3.05) is 6.61 Å². The van der Waals surface area contributed by atoms with Gasteiger partial charge in [-0.1, -0.05) is 37.3 Å². The van der Waals surface area contributed by atoms with E-state index in [4.69, 9.17) is 4.74 Å². The van der Waals surface area contributed by atoms with E-state index in [1.165, 1.54) is 6.92 Å². The molecule has 2 aliphatic rings. The zero-order valence-corrected chi connectivity index (χ0v) is 14.2. The molecule has 7 nitrogen and oxygen atoms in total. The summed E-state index contributed by atoms with van der Waals surface area (Å²) in [7, 11) is 0. The Hall–Kier alpha value is -2.41. The Labute approximate surface area is 146 Å². The molecule has 2 N–H and O–H groups in total. The van der Waals surface area contributed by atoms with Crippen molar-refractivity contribution in [3.05, 3.63) is 35.9 Å². The third-order valence-corrected chi connectivity index (χ3v) is 4.96. The van der Waals surface area contributed by atoms with Crippen LogP contribution in [0.1, 0.15) is 19.4 Å². The maximum Gasteiger partial charge on any atom is 0.416 e. The van der Waals surface area contributed by atoms with Gasteiger partial charge in [-0.25, -0.2) is 9.69 Å². The van der Waals surface area contributed by atoms with Gasteiger partial charge in [0.25, 0.3) is 0 Å². The van der Waals surface area contributed by atoms with Crippen LogP contribution in [0.25, 0.3) is 0 Å². The van der Waals surface area contributed by atoms with E-state index in [1.807, 2.05) is 30.3 Å². The van der Waals surface area contributed by atoms with Crippen LogP contribution >= 0.6 is 0 Å². The van der Waals surface area contributed by atoms with Gasteiger partial charge in [0, 0.05) is 0 Å². The van der Waals surface area contributed by atoms with Crippen molar-refractivity contribution in [2.24, 2.45) is 11.8 Å². The van der Waals surface area contributed by atoms with Crippen molar-refractivity contribution in [1.82, 2.24) is 10.2 Å². The van der Waals surface area contributed by atoms with Crippen molar-refractivity contribution in [1.29, 1.82) is 0 Å². The first-order valence-corrected chi connectivity index (χ1v) is 8.42.